The van der Waals surface area contributed by atoms with Gasteiger partial charge in [0.25, 0.3) is 0 Å². The number of fused-ring (bicyclic) bond motifs is 1. The summed E-state index contributed by atoms with van der Waals surface area (Å²) >= 11 is 0. The molecule has 4 N–H and O–H groups in total. The second kappa shape index (κ2) is 4.40. The molecule has 0 aliphatic rings. The van der Waals surface area contributed by atoms with Gasteiger partial charge >= 0.3 is 0 Å². The van der Waals surface area contributed by atoms with Gasteiger partial charge in [-0.3, -0.25) is 0 Å². The van der Waals surface area contributed by atoms with E-state index in [2.05, 4.69) is 20.2 Å². The van der Waals surface area contributed by atoms with Gasteiger partial charge in [0.2, 0.25) is 5.95 Å². The number of hydrogen-bond acceptors (Lipinski definition) is 4. The van der Waals surface area contributed by atoms with Crippen LogP contribution in [0, 0.1) is 0 Å². The van der Waals surface area contributed by atoms with Crippen LogP contribution in [0.25, 0.3) is 11.0 Å². The van der Waals surface area contributed by atoms with Gasteiger partial charge in [0.1, 0.15) is 5.52 Å². The third-order valence-corrected chi connectivity index (χ3v) is 2.40. The maximum absolute atomic E-state index is 5.83. The molecule has 5 heteroatoms. The Morgan fingerprint density at radius 3 is 2.94 bits per heavy atom. The summed E-state index contributed by atoms with van der Waals surface area (Å²) in [5.74, 6) is 0.773. The normalized spacial score (nSPS) is 11.2. The molecule has 86 valence electrons. The Hall–Kier alpha value is -1.75. The van der Waals surface area contributed by atoms with Crippen molar-refractivity contribution < 1.29 is 0 Å². The van der Waals surface area contributed by atoms with Crippen molar-refractivity contribution in [1.82, 2.24) is 14.9 Å². The van der Waals surface area contributed by atoms with Crippen molar-refractivity contribution in [3.63, 3.8) is 0 Å². The molecule has 2 aromatic rings. The Bertz CT molecular complexity index is 474. The molecular weight excluding hydrogens is 202 g/mol. The van der Waals surface area contributed by atoms with E-state index in [0.29, 0.717) is 5.69 Å². The SMILES string of the molecule is CN(C)CCNc1nc2c(N)cccc2[nH]1. The van der Waals surface area contributed by atoms with Crippen LogP contribution in [0.2, 0.25) is 0 Å². The van der Waals surface area contributed by atoms with Crippen LogP contribution >= 0.6 is 0 Å². The van der Waals surface area contributed by atoms with E-state index in [0.717, 1.165) is 30.1 Å². The lowest BCUT2D eigenvalue weighted by Crippen LogP contribution is -2.21. The zero-order valence-corrected chi connectivity index (χ0v) is 9.62. The second-order valence-corrected chi connectivity index (χ2v) is 4.06. The Kier molecular flexibility index (Phi) is 2.96. The molecule has 0 aliphatic carbocycles. The first-order valence-corrected chi connectivity index (χ1v) is 5.29. The van der Waals surface area contributed by atoms with Gasteiger partial charge in [-0.2, -0.15) is 0 Å². The molecule has 5 nitrogen and oxygen atoms in total. The van der Waals surface area contributed by atoms with Crippen molar-refractivity contribution in [2.24, 2.45) is 0 Å². The van der Waals surface area contributed by atoms with Crippen LogP contribution < -0.4 is 11.1 Å². The molecule has 0 radical (unpaired) electrons. The van der Waals surface area contributed by atoms with Crippen molar-refractivity contribution in [3.8, 4) is 0 Å². The molecule has 0 saturated carbocycles. The van der Waals surface area contributed by atoms with Crippen molar-refractivity contribution in [2.75, 3.05) is 38.2 Å². The fourth-order valence-corrected chi connectivity index (χ4v) is 1.54. The number of nitrogen functional groups attached to an aromatic ring is 1. The summed E-state index contributed by atoms with van der Waals surface area (Å²) in [7, 11) is 4.08. The highest BCUT2D eigenvalue weighted by Gasteiger charge is 2.04. The summed E-state index contributed by atoms with van der Waals surface area (Å²) in [6.07, 6.45) is 0. The third-order valence-electron chi connectivity index (χ3n) is 2.40. The lowest BCUT2D eigenvalue weighted by Gasteiger charge is -2.08. The molecule has 0 spiro atoms. The minimum atomic E-state index is 0.703. The van der Waals surface area contributed by atoms with Gasteiger partial charge in [0.05, 0.1) is 11.2 Å². The van der Waals surface area contributed by atoms with E-state index in [1.54, 1.807) is 0 Å². The lowest BCUT2D eigenvalue weighted by molar-refractivity contribution is 0.425. The number of likely N-dealkylation sites (N-methyl/N-ethyl adjacent to an activating group) is 1. The molecule has 16 heavy (non-hydrogen) atoms. The number of aromatic amines is 1. The van der Waals surface area contributed by atoms with Crippen LogP contribution in [-0.2, 0) is 0 Å². The number of hydrogen-bond donors (Lipinski definition) is 3. The zero-order valence-electron chi connectivity index (χ0n) is 9.62. The fraction of sp³-hybridized carbons (Fsp3) is 0.364. The van der Waals surface area contributed by atoms with E-state index in [1.165, 1.54) is 0 Å². The number of aromatic nitrogens is 2. The molecule has 1 aromatic carbocycles. The molecule has 1 aromatic heterocycles. The summed E-state index contributed by atoms with van der Waals surface area (Å²) in [6.45, 7) is 1.82. The number of nitrogens with two attached hydrogens (primary N) is 1. The topological polar surface area (TPSA) is 70.0 Å². The number of para-hydroxylation sites is 1. The molecule has 0 aliphatic heterocycles. The third kappa shape index (κ3) is 2.25. The highest BCUT2D eigenvalue weighted by Crippen LogP contribution is 2.19. The number of nitrogens with one attached hydrogen (secondary N) is 2. The van der Waals surface area contributed by atoms with Gasteiger partial charge in [0.15, 0.2) is 0 Å². The predicted molar refractivity (Wildman–Crippen MR) is 67.5 cm³/mol. The molecule has 0 unspecified atom stereocenters. The number of rotatable bonds is 4. The van der Waals surface area contributed by atoms with Crippen molar-refractivity contribution in [1.29, 1.82) is 0 Å². The smallest absolute Gasteiger partial charge is 0.201 e. The first kappa shape index (κ1) is 10.8. The number of H-pyrrole nitrogens is 1. The average molecular weight is 219 g/mol. The number of anilines is 2. The minimum absolute atomic E-state index is 0.703. The van der Waals surface area contributed by atoms with E-state index >= 15 is 0 Å². The van der Waals surface area contributed by atoms with Crippen LogP contribution in [-0.4, -0.2) is 42.1 Å². The minimum Gasteiger partial charge on any atom is -0.397 e. The molecule has 0 bridgehead atoms. The lowest BCUT2D eigenvalue weighted by atomic mass is 10.3. The maximum atomic E-state index is 5.83. The van der Waals surface area contributed by atoms with Crippen LogP contribution in [0.15, 0.2) is 18.2 Å². The first-order chi connectivity index (χ1) is 7.66. The Morgan fingerprint density at radius 2 is 2.25 bits per heavy atom. The van der Waals surface area contributed by atoms with Crippen molar-refractivity contribution in [2.45, 2.75) is 0 Å². The summed E-state index contributed by atoms with van der Waals surface area (Å²) in [6, 6.07) is 5.74. The maximum Gasteiger partial charge on any atom is 0.201 e. The Labute approximate surface area is 94.7 Å². The molecule has 0 saturated heterocycles. The van der Waals surface area contributed by atoms with E-state index < -0.39 is 0 Å². The second-order valence-electron chi connectivity index (χ2n) is 4.06. The summed E-state index contributed by atoms with van der Waals surface area (Å²) < 4.78 is 0. The molecule has 2 rings (SSSR count). The summed E-state index contributed by atoms with van der Waals surface area (Å²) in [4.78, 5) is 9.70. The van der Waals surface area contributed by atoms with E-state index in [4.69, 9.17) is 5.73 Å². The van der Waals surface area contributed by atoms with Gasteiger partial charge < -0.3 is 20.9 Å². The average Bonchev–Trinajstić information content (AvgIpc) is 2.61. The molecule has 0 amide bonds. The molecular formula is C11H17N5. The Morgan fingerprint density at radius 1 is 1.44 bits per heavy atom. The Balaban J connectivity index is 2.11. The van der Waals surface area contributed by atoms with Crippen LogP contribution in [0.1, 0.15) is 0 Å². The number of imidazole rings is 1. The van der Waals surface area contributed by atoms with Gasteiger partial charge in [-0.25, -0.2) is 4.98 Å². The number of benzene rings is 1. The molecule has 0 atom stereocenters. The van der Waals surface area contributed by atoms with Crippen LogP contribution in [0.4, 0.5) is 11.6 Å². The van der Waals surface area contributed by atoms with Crippen molar-refractivity contribution in [3.05, 3.63) is 18.2 Å². The summed E-state index contributed by atoms with van der Waals surface area (Å²) in [5, 5.41) is 3.23. The number of nitrogens with zero attached hydrogens (tertiary/aromatic N) is 2. The standard InChI is InChI=1S/C11H17N5/c1-16(2)7-6-13-11-14-9-5-3-4-8(12)10(9)15-11/h3-5H,6-7,12H2,1-2H3,(H2,13,14,15). The van der Waals surface area contributed by atoms with E-state index in [9.17, 15) is 0 Å². The molecule has 0 fully saturated rings. The largest absolute Gasteiger partial charge is 0.397 e. The van der Waals surface area contributed by atoms with Crippen LogP contribution in [0.5, 0.6) is 0 Å². The zero-order chi connectivity index (χ0) is 11.5. The molecule has 1 heterocycles. The van der Waals surface area contributed by atoms with E-state index in [-0.39, 0.29) is 0 Å². The van der Waals surface area contributed by atoms with Gasteiger partial charge in [0, 0.05) is 13.1 Å². The first-order valence-electron chi connectivity index (χ1n) is 5.29. The van der Waals surface area contributed by atoms with Gasteiger partial charge in [-0.05, 0) is 26.2 Å². The highest BCUT2D eigenvalue weighted by molar-refractivity contribution is 5.88. The van der Waals surface area contributed by atoms with Crippen LogP contribution in [0.3, 0.4) is 0 Å². The van der Waals surface area contributed by atoms with Gasteiger partial charge in [-0.15, -0.1) is 0 Å². The fourth-order valence-electron chi connectivity index (χ4n) is 1.54. The highest BCUT2D eigenvalue weighted by atomic mass is 15.1. The van der Waals surface area contributed by atoms with E-state index in [1.807, 2.05) is 32.3 Å². The quantitative estimate of drug-likeness (QED) is 0.674. The summed E-state index contributed by atoms with van der Waals surface area (Å²) in [5.41, 5.74) is 8.32. The predicted octanol–water partition coefficient (Wildman–Crippen LogP) is 1.12. The van der Waals surface area contributed by atoms with Gasteiger partial charge in [-0.1, -0.05) is 6.07 Å². The van der Waals surface area contributed by atoms with Crippen molar-refractivity contribution >= 4 is 22.7 Å². The monoisotopic (exact) mass is 219 g/mol.